The van der Waals surface area contributed by atoms with Gasteiger partial charge in [0.15, 0.2) is 17.9 Å². The minimum Gasteiger partial charge on any atom is -0.460 e. The second-order valence-corrected chi connectivity index (χ2v) is 15.9. The first-order chi connectivity index (χ1) is 23.9. The highest BCUT2D eigenvalue weighted by atomic mass is 16.8. The van der Waals surface area contributed by atoms with Gasteiger partial charge in [-0.25, -0.2) is 0 Å². The van der Waals surface area contributed by atoms with Crippen molar-refractivity contribution in [3.63, 3.8) is 0 Å². The summed E-state index contributed by atoms with van der Waals surface area (Å²) in [5.74, 6) is -3.43. The first-order valence-electron chi connectivity index (χ1n) is 18.5. The Labute approximate surface area is 305 Å². The van der Waals surface area contributed by atoms with Crippen LogP contribution >= 0.6 is 0 Å². The molecule has 8 atom stereocenters. The Bertz CT molecular complexity index is 1390. The molecule has 3 fully saturated rings. The molecule has 0 unspecified atom stereocenters. The molecule has 3 saturated heterocycles. The predicted molar refractivity (Wildman–Crippen MR) is 194 cm³/mol. The third-order valence-corrected chi connectivity index (χ3v) is 11.2. The number of Topliss-reactive ketones (excluding diaryl/α,β-unsaturated/α-hetero) is 1. The number of hydrogen-bond acceptors (Lipinski definition) is 10. The lowest BCUT2D eigenvalue weighted by molar-refractivity contribution is -0.337. The zero-order chi connectivity index (χ0) is 37.8. The van der Waals surface area contributed by atoms with Crippen LogP contribution in [0.5, 0.6) is 0 Å². The van der Waals surface area contributed by atoms with Gasteiger partial charge in [0.25, 0.3) is 5.91 Å². The summed E-state index contributed by atoms with van der Waals surface area (Å²) in [6.07, 6.45) is 0.987. The van der Waals surface area contributed by atoms with Gasteiger partial charge in [0.05, 0.1) is 12.0 Å². The lowest BCUT2D eigenvalue weighted by Crippen LogP contribution is -2.59. The largest absolute Gasteiger partial charge is 0.460 e. The Balaban J connectivity index is 1.56. The van der Waals surface area contributed by atoms with Gasteiger partial charge in [-0.2, -0.15) is 0 Å². The minimum absolute atomic E-state index is 0.0441. The summed E-state index contributed by atoms with van der Waals surface area (Å²) in [4.78, 5) is 63.3. The van der Waals surface area contributed by atoms with Crippen molar-refractivity contribution in [1.82, 2.24) is 19.6 Å². The van der Waals surface area contributed by atoms with Crippen molar-refractivity contribution in [1.29, 1.82) is 0 Å². The third-order valence-electron chi connectivity index (χ3n) is 11.2. The zero-order valence-electron chi connectivity index (χ0n) is 32.8. The number of aryl methyl sites for hydroxylation is 1. The fourth-order valence-corrected chi connectivity index (χ4v) is 7.89. The topological polar surface area (TPSA) is 118 Å². The highest BCUT2D eigenvalue weighted by molar-refractivity contribution is 6.04. The number of likely N-dealkylation sites (N-methyl/N-ethyl adjacent to an activating group) is 1. The monoisotopic (exact) mass is 714 g/mol. The summed E-state index contributed by atoms with van der Waals surface area (Å²) in [7, 11) is 7.49. The molecule has 0 aromatic heterocycles. The molecule has 4 rings (SSSR count). The summed E-state index contributed by atoms with van der Waals surface area (Å²) in [5, 5.41) is 0. The molecule has 2 amide bonds. The van der Waals surface area contributed by atoms with Crippen molar-refractivity contribution in [3.05, 3.63) is 35.4 Å². The zero-order valence-corrected chi connectivity index (χ0v) is 32.8. The number of benzene rings is 1. The number of piperazine rings is 1. The first-order valence-corrected chi connectivity index (χ1v) is 18.5. The molecule has 1 aromatic carbocycles. The normalized spacial score (nSPS) is 33.2. The van der Waals surface area contributed by atoms with Gasteiger partial charge in [-0.05, 0) is 86.7 Å². The van der Waals surface area contributed by atoms with Crippen LogP contribution in [0.25, 0.3) is 0 Å². The highest BCUT2D eigenvalue weighted by Crippen LogP contribution is 2.39. The molecule has 0 saturated carbocycles. The van der Waals surface area contributed by atoms with Gasteiger partial charge in [0, 0.05) is 64.3 Å². The average molecular weight is 715 g/mol. The van der Waals surface area contributed by atoms with Crippen molar-refractivity contribution >= 4 is 23.6 Å². The molecule has 12 nitrogen and oxygen atoms in total. The number of nitrogens with zero attached hydrogens (tertiary/aromatic N) is 4. The fraction of sp³-hybridized carbons (Fsp3) is 0.744. The van der Waals surface area contributed by atoms with E-state index in [1.54, 1.807) is 44.6 Å². The Hall–Kier alpha value is -2.90. The van der Waals surface area contributed by atoms with E-state index in [0.29, 0.717) is 57.5 Å². The molecule has 0 bridgehead atoms. The van der Waals surface area contributed by atoms with Crippen LogP contribution in [0, 0.1) is 24.2 Å². The standard InChI is InChI=1S/C39H62N4O8/c1-25-13-12-14-30(21-25)35(45)42-17-19-43(20-18-42)36(46)33-29(5)50-37(47)38(6,7)34(44)28(4)39(48-11,16-15-26(2)24-41(33)10)51-32-23-31(40(8)9)22-27(3)49-32/h12-14,21,26-29,31-33H,15-20,22-24H2,1-11H3/t26-,27-,28+,29+,31+,32+,33-,39+/m1/s1. The Kier molecular flexibility index (Phi) is 13.5. The van der Waals surface area contributed by atoms with E-state index in [-0.39, 0.29) is 35.7 Å². The fourth-order valence-electron chi connectivity index (χ4n) is 7.89. The number of esters is 1. The summed E-state index contributed by atoms with van der Waals surface area (Å²) >= 11 is 0. The predicted octanol–water partition coefficient (Wildman–Crippen LogP) is 3.99. The maximum Gasteiger partial charge on any atom is 0.319 e. The van der Waals surface area contributed by atoms with Crippen molar-refractivity contribution in [2.24, 2.45) is 17.3 Å². The van der Waals surface area contributed by atoms with Gasteiger partial charge < -0.3 is 33.6 Å². The molecule has 0 aliphatic carbocycles. The number of cyclic esters (lactones) is 1. The number of methoxy groups -OCH3 is 1. The maximum absolute atomic E-state index is 14.3. The molecular formula is C39H62N4O8. The molecule has 0 N–H and O–H groups in total. The lowest BCUT2D eigenvalue weighted by atomic mass is 9.77. The van der Waals surface area contributed by atoms with E-state index in [0.717, 1.165) is 12.0 Å². The van der Waals surface area contributed by atoms with Crippen LogP contribution in [-0.4, -0.2) is 141 Å². The third kappa shape index (κ3) is 9.37. The number of ether oxygens (including phenoxy) is 4. The number of ketones is 1. The molecule has 0 spiro atoms. The van der Waals surface area contributed by atoms with Gasteiger partial charge in [0.1, 0.15) is 17.6 Å². The van der Waals surface area contributed by atoms with Crippen LogP contribution in [0.2, 0.25) is 0 Å². The smallest absolute Gasteiger partial charge is 0.319 e. The Morgan fingerprint density at radius 2 is 1.63 bits per heavy atom. The van der Waals surface area contributed by atoms with E-state index in [9.17, 15) is 19.2 Å². The van der Waals surface area contributed by atoms with Crippen LogP contribution in [-0.2, 0) is 33.3 Å². The van der Waals surface area contributed by atoms with Crippen LogP contribution in [0.4, 0.5) is 0 Å². The second kappa shape index (κ2) is 16.8. The SMILES string of the molecule is CO[C@]1(O[C@H]2C[C@@H](N(C)C)C[C@@H](C)O2)CC[C@@H](C)CN(C)[C@@H](C(=O)N2CCN(C(=O)c3cccc(C)c3)CC2)[C@H](C)OC(=O)C(C)(C)C(=O)[C@@H]1C. The van der Waals surface area contributed by atoms with Crippen LogP contribution < -0.4 is 0 Å². The Morgan fingerprint density at radius 3 is 2.24 bits per heavy atom. The molecule has 3 aliphatic heterocycles. The van der Waals surface area contributed by atoms with Gasteiger partial charge in [-0.15, -0.1) is 0 Å². The van der Waals surface area contributed by atoms with E-state index in [1.807, 2.05) is 64.2 Å². The molecule has 51 heavy (non-hydrogen) atoms. The highest BCUT2D eigenvalue weighted by Gasteiger charge is 2.52. The van der Waals surface area contributed by atoms with E-state index in [1.165, 1.54) is 0 Å². The van der Waals surface area contributed by atoms with Crippen molar-refractivity contribution < 1.29 is 38.1 Å². The van der Waals surface area contributed by atoms with Gasteiger partial charge >= 0.3 is 5.97 Å². The van der Waals surface area contributed by atoms with Gasteiger partial charge in [0.2, 0.25) is 5.91 Å². The summed E-state index contributed by atoms with van der Waals surface area (Å²) in [6.45, 7) is 14.7. The van der Waals surface area contributed by atoms with E-state index in [2.05, 4.69) is 11.8 Å². The summed E-state index contributed by atoms with van der Waals surface area (Å²) < 4.78 is 25.2. The van der Waals surface area contributed by atoms with Crippen molar-refractivity contribution in [2.75, 3.05) is 61.0 Å². The maximum atomic E-state index is 14.3. The van der Waals surface area contributed by atoms with Crippen molar-refractivity contribution in [3.8, 4) is 0 Å². The lowest BCUT2D eigenvalue weighted by Gasteiger charge is -2.45. The quantitative estimate of drug-likeness (QED) is 0.243. The molecule has 3 heterocycles. The second-order valence-electron chi connectivity index (χ2n) is 15.9. The average Bonchev–Trinajstić information content (AvgIpc) is 3.08. The molecule has 3 aliphatic rings. The molecule has 1 aromatic rings. The summed E-state index contributed by atoms with van der Waals surface area (Å²) in [6, 6.07) is 6.96. The van der Waals surface area contributed by atoms with Crippen molar-refractivity contribution in [2.45, 2.75) is 111 Å². The van der Waals surface area contributed by atoms with Crippen LogP contribution in [0.3, 0.4) is 0 Å². The number of rotatable bonds is 6. The molecule has 286 valence electrons. The van der Waals surface area contributed by atoms with Crippen LogP contribution in [0.15, 0.2) is 24.3 Å². The number of carbonyl (C=O) groups excluding carboxylic acids is 4. The first kappa shape index (κ1) is 40.9. The molecular weight excluding hydrogens is 652 g/mol. The van der Waals surface area contributed by atoms with Gasteiger partial charge in [-0.1, -0.05) is 31.5 Å². The Morgan fingerprint density at radius 1 is 0.980 bits per heavy atom. The van der Waals surface area contributed by atoms with Gasteiger partial charge in [-0.3, -0.25) is 24.1 Å². The van der Waals surface area contributed by atoms with E-state index < -0.39 is 41.5 Å². The molecule has 12 heteroatoms. The minimum atomic E-state index is -1.55. The number of amides is 2. The number of carbonyl (C=O) groups is 4. The van der Waals surface area contributed by atoms with E-state index in [4.69, 9.17) is 18.9 Å². The van der Waals surface area contributed by atoms with Crippen LogP contribution in [0.1, 0.15) is 83.1 Å². The number of hydrogen-bond donors (Lipinski definition) is 0. The summed E-state index contributed by atoms with van der Waals surface area (Å²) in [5.41, 5.74) is 0.0908. The molecule has 0 radical (unpaired) electrons. The van der Waals surface area contributed by atoms with E-state index >= 15 is 0 Å².